The average molecular weight is 546 g/mol. The quantitative estimate of drug-likeness (QED) is 0.178. The number of rotatable bonds is 9. The number of nitrogens with zero attached hydrogens (tertiary/aromatic N) is 1. The highest BCUT2D eigenvalue weighted by atomic mass is 79.9. The molecule has 0 aliphatic carbocycles. The van der Waals surface area contributed by atoms with Gasteiger partial charge in [-0.15, -0.1) is 0 Å². The van der Waals surface area contributed by atoms with Crippen molar-refractivity contribution in [2.75, 3.05) is 11.9 Å². The van der Waals surface area contributed by atoms with Gasteiger partial charge in [-0.25, -0.2) is 0 Å². The standard InChI is InChI=1S/C25H22BrClN2O5/c1-3-33-23-14-17(13-19(26)25(23)34-15-18-6-4-5-7-20(18)27)9-11-24(30)28-21-10-8-16(2)12-22(21)29(31)32/h4-14H,3,15H2,1-2H3,(H,28,30)/b11-9+. The van der Waals surface area contributed by atoms with E-state index in [2.05, 4.69) is 21.2 Å². The largest absolute Gasteiger partial charge is 0.490 e. The van der Waals surface area contributed by atoms with E-state index in [4.69, 9.17) is 21.1 Å². The van der Waals surface area contributed by atoms with Crippen LogP contribution in [0.25, 0.3) is 6.08 Å². The van der Waals surface area contributed by atoms with Crippen LogP contribution in [0.1, 0.15) is 23.6 Å². The van der Waals surface area contributed by atoms with Crippen LogP contribution >= 0.6 is 27.5 Å². The SMILES string of the molecule is CCOc1cc(/C=C/C(=O)Nc2ccc(C)cc2[N+](=O)[O-])cc(Br)c1OCc1ccccc1Cl. The van der Waals surface area contributed by atoms with E-state index in [0.29, 0.717) is 33.2 Å². The van der Waals surface area contributed by atoms with Crippen LogP contribution in [0.15, 0.2) is 65.1 Å². The first-order valence-corrected chi connectivity index (χ1v) is 11.5. The van der Waals surface area contributed by atoms with Crippen molar-refractivity contribution in [1.82, 2.24) is 0 Å². The monoisotopic (exact) mass is 544 g/mol. The Bertz CT molecular complexity index is 1250. The first-order valence-electron chi connectivity index (χ1n) is 10.3. The molecular formula is C25H22BrClN2O5. The highest BCUT2D eigenvalue weighted by molar-refractivity contribution is 9.10. The van der Waals surface area contributed by atoms with E-state index in [0.717, 1.165) is 11.1 Å². The molecule has 34 heavy (non-hydrogen) atoms. The third kappa shape index (κ3) is 6.59. The van der Waals surface area contributed by atoms with Crippen LogP contribution in [0.5, 0.6) is 11.5 Å². The summed E-state index contributed by atoms with van der Waals surface area (Å²) in [6.45, 7) is 4.27. The van der Waals surface area contributed by atoms with E-state index >= 15 is 0 Å². The molecule has 1 amide bonds. The first kappa shape index (κ1) is 25.3. The lowest BCUT2D eigenvalue weighted by molar-refractivity contribution is -0.384. The Morgan fingerprint density at radius 3 is 2.65 bits per heavy atom. The fraction of sp³-hybridized carbons (Fsp3) is 0.160. The molecule has 0 saturated heterocycles. The van der Waals surface area contributed by atoms with Gasteiger partial charge in [0.15, 0.2) is 11.5 Å². The number of amides is 1. The van der Waals surface area contributed by atoms with Crippen molar-refractivity contribution >= 4 is 50.9 Å². The fourth-order valence-corrected chi connectivity index (χ4v) is 3.86. The van der Waals surface area contributed by atoms with Crippen LogP contribution in [0.2, 0.25) is 5.02 Å². The molecule has 7 nitrogen and oxygen atoms in total. The average Bonchev–Trinajstić information content (AvgIpc) is 2.79. The van der Waals surface area contributed by atoms with Gasteiger partial charge in [-0.1, -0.05) is 35.9 Å². The second kappa shape index (κ2) is 11.7. The maximum Gasteiger partial charge on any atom is 0.293 e. The number of nitro benzene ring substituents is 1. The number of benzene rings is 3. The Hall–Kier alpha value is -3.36. The Balaban J connectivity index is 1.77. The van der Waals surface area contributed by atoms with Crippen molar-refractivity contribution in [3.8, 4) is 11.5 Å². The summed E-state index contributed by atoms with van der Waals surface area (Å²) in [5, 5.41) is 14.4. The summed E-state index contributed by atoms with van der Waals surface area (Å²) in [5.41, 5.74) is 2.21. The number of hydrogen-bond donors (Lipinski definition) is 1. The van der Waals surface area contributed by atoms with E-state index in [9.17, 15) is 14.9 Å². The number of carbonyl (C=O) groups excluding carboxylic acids is 1. The normalized spacial score (nSPS) is 10.8. The third-order valence-electron chi connectivity index (χ3n) is 4.70. The molecule has 0 radical (unpaired) electrons. The summed E-state index contributed by atoms with van der Waals surface area (Å²) >= 11 is 9.72. The molecule has 1 N–H and O–H groups in total. The van der Waals surface area contributed by atoms with Gasteiger partial charge in [0.1, 0.15) is 12.3 Å². The lowest BCUT2D eigenvalue weighted by atomic mass is 10.1. The van der Waals surface area contributed by atoms with Crippen LogP contribution in [-0.4, -0.2) is 17.4 Å². The molecule has 0 aliphatic rings. The lowest BCUT2D eigenvalue weighted by Gasteiger charge is -2.15. The number of halogens is 2. The van der Waals surface area contributed by atoms with Gasteiger partial charge < -0.3 is 14.8 Å². The molecule has 0 fully saturated rings. The summed E-state index contributed by atoms with van der Waals surface area (Å²) in [7, 11) is 0. The summed E-state index contributed by atoms with van der Waals surface area (Å²) in [6, 6.07) is 15.5. The molecule has 0 unspecified atom stereocenters. The summed E-state index contributed by atoms with van der Waals surface area (Å²) < 4.78 is 12.3. The molecule has 3 aromatic rings. The molecule has 0 aromatic heterocycles. The van der Waals surface area contributed by atoms with E-state index in [1.54, 1.807) is 37.3 Å². The smallest absolute Gasteiger partial charge is 0.293 e. The molecule has 0 saturated carbocycles. The second-order valence-corrected chi connectivity index (χ2v) is 8.50. The summed E-state index contributed by atoms with van der Waals surface area (Å²) in [4.78, 5) is 23.1. The molecule has 0 spiro atoms. The Morgan fingerprint density at radius 1 is 1.18 bits per heavy atom. The van der Waals surface area contributed by atoms with E-state index in [1.807, 2.05) is 25.1 Å². The predicted molar refractivity (Wildman–Crippen MR) is 137 cm³/mol. The van der Waals surface area contributed by atoms with Crippen molar-refractivity contribution in [2.24, 2.45) is 0 Å². The van der Waals surface area contributed by atoms with Gasteiger partial charge in [0.25, 0.3) is 5.69 Å². The van der Waals surface area contributed by atoms with Crippen LogP contribution in [-0.2, 0) is 11.4 Å². The van der Waals surface area contributed by atoms with Crippen LogP contribution < -0.4 is 14.8 Å². The number of anilines is 1. The Morgan fingerprint density at radius 2 is 1.94 bits per heavy atom. The van der Waals surface area contributed by atoms with Gasteiger partial charge in [0.2, 0.25) is 5.91 Å². The molecule has 176 valence electrons. The van der Waals surface area contributed by atoms with Gasteiger partial charge in [0, 0.05) is 22.7 Å². The molecule has 0 atom stereocenters. The van der Waals surface area contributed by atoms with Crippen LogP contribution in [0.4, 0.5) is 11.4 Å². The summed E-state index contributed by atoms with van der Waals surface area (Å²) in [5.74, 6) is 0.511. The molecule has 3 rings (SSSR count). The summed E-state index contributed by atoms with van der Waals surface area (Å²) in [6.07, 6.45) is 2.88. The molecule has 3 aromatic carbocycles. The number of carbonyl (C=O) groups is 1. The Kier molecular flexibility index (Phi) is 8.67. The molecule has 0 bridgehead atoms. The number of aryl methyl sites for hydroxylation is 1. The van der Waals surface area contributed by atoms with Crippen molar-refractivity contribution in [1.29, 1.82) is 0 Å². The number of nitro groups is 1. The van der Waals surface area contributed by atoms with Gasteiger partial charge >= 0.3 is 0 Å². The zero-order valence-electron chi connectivity index (χ0n) is 18.5. The Labute approximate surface area is 210 Å². The van der Waals surface area contributed by atoms with E-state index < -0.39 is 10.8 Å². The minimum absolute atomic E-state index is 0.129. The maximum absolute atomic E-state index is 12.4. The molecule has 0 heterocycles. The van der Waals surface area contributed by atoms with Crippen molar-refractivity contribution in [3.05, 3.63) is 97.0 Å². The maximum atomic E-state index is 12.4. The zero-order valence-corrected chi connectivity index (χ0v) is 20.9. The minimum Gasteiger partial charge on any atom is -0.490 e. The fourth-order valence-electron chi connectivity index (χ4n) is 3.10. The highest BCUT2D eigenvalue weighted by Crippen LogP contribution is 2.38. The molecule has 0 aliphatic heterocycles. The number of ether oxygens (including phenoxy) is 2. The molecule has 9 heteroatoms. The van der Waals surface area contributed by atoms with E-state index in [-0.39, 0.29) is 18.0 Å². The number of hydrogen-bond acceptors (Lipinski definition) is 5. The highest BCUT2D eigenvalue weighted by Gasteiger charge is 2.16. The van der Waals surface area contributed by atoms with Gasteiger partial charge in [-0.2, -0.15) is 0 Å². The second-order valence-electron chi connectivity index (χ2n) is 7.24. The van der Waals surface area contributed by atoms with Crippen LogP contribution in [0, 0.1) is 17.0 Å². The van der Waals surface area contributed by atoms with Crippen molar-refractivity contribution in [2.45, 2.75) is 20.5 Å². The minimum atomic E-state index is -0.529. The van der Waals surface area contributed by atoms with Crippen LogP contribution in [0.3, 0.4) is 0 Å². The first-order chi connectivity index (χ1) is 16.3. The predicted octanol–water partition coefficient (Wildman–Crippen LogP) is 6.95. The van der Waals surface area contributed by atoms with E-state index in [1.165, 1.54) is 18.2 Å². The van der Waals surface area contributed by atoms with Crippen molar-refractivity contribution in [3.63, 3.8) is 0 Å². The third-order valence-corrected chi connectivity index (χ3v) is 5.65. The van der Waals surface area contributed by atoms with Gasteiger partial charge in [0.05, 0.1) is 16.0 Å². The zero-order chi connectivity index (χ0) is 24.7. The lowest BCUT2D eigenvalue weighted by Crippen LogP contribution is -2.09. The molecular weight excluding hydrogens is 524 g/mol. The van der Waals surface area contributed by atoms with Gasteiger partial charge in [-0.3, -0.25) is 14.9 Å². The topological polar surface area (TPSA) is 90.7 Å². The van der Waals surface area contributed by atoms with Gasteiger partial charge in [-0.05, 0) is 71.2 Å². The number of nitrogens with one attached hydrogen (secondary N) is 1. The van der Waals surface area contributed by atoms with Crippen molar-refractivity contribution < 1.29 is 19.2 Å².